The van der Waals surface area contributed by atoms with Crippen molar-refractivity contribution in [2.45, 2.75) is 0 Å². The summed E-state index contributed by atoms with van der Waals surface area (Å²) in [5, 5.41) is 16.4. The van der Waals surface area contributed by atoms with Gasteiger partial charge in [-0.05, 0) is 12.1 Å². The zero-order valence-corrected chi connectivity index (χ0v) is 17.5. The quantitative estimate of drug-likeness (QED) is 0.572. The molecule has 4 heterocycles. The molecule has 1 fully saturated rings. The molecule has 3 N–H and O–H groups in total. The molecular formula is C22H22N6O4. The molecule has 5 rings (SSSR count). The molecule has 0 bridgehead atoms. The maximum atomic E-state index is 13.1. The summed E-state index contributed by atoms with van der Waals surface area (Å²) in [6.07, 6.45) is 1.63. The molecule has 164 valence electrons. The third kappa shape index (κ3) is 3.42. The number of nitriles is 1. The Labute approximate surface area is 184 Å². The van der Waals surface area contributed by atoms with Crippen molar-refractivity contribution in [3.8, 4) is 17.6 Å². The van der Waals surface area contributed by atoms with E-state index in [0.29, 0.717) is 79.3 Å². The van der Waals surface area contributed by atoms with Gasteiger partial charge in [0.05, 0.1) is 35.4 Å². The van der Waals surface area contributed by atoms with Gasteiger partial charge in [0, 0.05) is 38.1 Å². The van der Waals surface area contributed by atoms with E-state index in [-0.39, 0.29) is 5.91 Å². The number of aromatic nitrogens is 2. The third-order valence-corrected chi connectivity index (χ3v) is 5.51. The molecule has 10 nitrogen and oxygen atoms in total. The number of carbonyl (C=O) groups excluding carboxylic acids is 1. The largest absolute Gasteiger partial charge is 0.485 e. The fraction of sp³-hybridized carbons (Fsp3) is 0.318. The Balaban J connectivity index is 1.51. The number of hydrogen-bond acceptors (Lipinski definition) is 8. The minimum Gasteiger partial charge on any atom is -0.485 e. The van der Waals surface area contributed by atoms with Crippen LogP contribution in [0.3, 0.4) is 0 Å². The molecule has 2 aliphatic heterocycles. The van der Waals surface area contributed by atoms with Crippen LogP contribution in [0, 0.1) is 11.3 Å². The van der Waals surface area contributed by atoms with Gasteiger partial charge in [-0.25, -0.2) is 4.98 Å². The van der Waals surface area contributed by atoms with Crippen LogP contribution in [-0.4, -0.2) is 67.3 Å². The lowest BCUT2D eigenvalue weighted by Crippen LogP contribution is -2.41. The van der Waals surface area contributed by atoms with Crippen molar-refractivity contribution in [3.63, 3.8) is 0 Å². The van der Waals surface area contributed by atoms with Gasteiger partial charge < -0.3 is 34.7 Å². The molecule has 0 saturated carbocycles. The van der Waals surface area contributed by atoms with Crippen molar-refractivity contribution >= 4 is 34.1 Å². The van der Waals surface area contributed by atoms with Crippen LogP contribution in [-0.2, 0) is 4.74 Å². The Morgan fingerprint density at radius 1 is 1.16 bits per heavy atom. The van der Waals surface area contributed by atoms with Gasteiger partial charge in [0.2, 0.25) is 0 Å². The highest BCUT2D eigenvalue weighted by Crippen LogP contribution is 2.42. The normalized spacial score (nSPS) is 15.3. The van der Waals surface area contributed by atoms with Crippen molar-refractivity contribution in [1.29, 1.82) is 5.26 Å². The highest BCUT2D eigenvalue weighted by atomic mass is 16.6. The number of fused-ring (bicyclic) bond motifs is 2. The van der Waals surface area contributed by atoms with Gasteiger partial charge in [-0.3, -0.25) is 4.79 Å². The highest BCUT2D eigenvalue weighted by molar-refractivity contribution is 6.00. The van der Waals surface area contributed by atoms with Gasteiger partial charge in [0.15, 0.2) is 11.5 Å². The van der Waals surface area contributed by atoms with Crippen molar-refractivity contribution in [2.24, 2.45) is 0 Å². The lowest BCUT2D eigenvalue weighted by molar-refractivity contribution is 0.0298. The molecule has 1 aromatic carbocycles. The van der Waals surface area contributed by atoms with Gasteiger partial charge in [-0.2, -0.15) is 5.26 Å². The minimum absolute atomic E-state index is 0.103. The van der Waals surface area contributed by atoms with E-state index < -0.39 is 0 Å². The second kappa shape index (κ2) is 8.28. The minimum atomic E-state index is -0.103. The Bertz CT molecular complexity index is 1230. The van der Waals surface area contributed by atoms with Crippen LogP contribution in [0.2, 0.25) is 0 Å². The first-order chi connectivity index (χ1) is 15.7. The maximum absolute atomic E-state index is 13.1. The van der Waals surface area contributed by atoms with Crippen molar-refractivity contribution < 1.29 is 19.0 Å². The summed E-state index contributed by atoms with van der Waals surface area (Å²) in [5.41, 5.74) is 2.97. The number of ether oxygens (including phenoxy) is 3. The van der Waals surface area contributed by atoms with Gasteiger partial charge in [0.1, 0.15) is 30.7 Å². The van der Waals surface area contributed by atoms with Crippen molar-refractivity contribution in [1.82, 2.24) is 14.9 Å². The second-order valence-corrected chi connectivity index (χ2v) is 7.39. The fourth-order valence-electron chi connectivity index (χ4n) is 3.96. The van der Waals surface area contributed by atoms with E-state index in [4.69, 9.17) is 14.2 Å². The summed E-state index contributed by atoms with van der Waals surface area (Å²) in [5.74, 6) is 1.36. The van der Waals surface area contributed by atoms with Crippen LogP contribution in [0.5, 0.6) is 11.5 Å². The molecule has 0 unspecified atom stereocenters. The number of anilines is 3. The van der Waals surface area contributed by atoms with Crippen LogP contribution in [0.15, 0.2) is 24.4 Å². The average Bonchev–Trinajstić information content (AvgIpc) is 3.27. The van der Waals surface area contributed by atoms with E-state index in [1.54, 1.807) is 30.3 Å². The van der Waals surface area contributed by atoms with Crippen LogP contribution in [0.25, 0.3) is 11.0 Å². The zero-order valence-electron chi connectivity index (χ0n) is 17.5. The molecule has 10 heteroatoms. The van der Waals surface area contributed by atoms with E-state index in [9.17, 15) is 10.1 Å². The molecule has 32 heavy (non-hydrogen) atoms. The monoisotopic (exact) mass is 434 g/mol. The summed E-state index contributed by atoms with van der Waals surface area (Å²) < 4.78 is 17.1. The Morgan fingerprint density at radius 2 is 1.94 bits per heavy atom. The van der Waals surface area contributed by atoms with E-state index in [2.05, 4.69) is 26.7 Å². The zero-order chi connectivity index (χ0) is 22.1. The van der Waals surface area contributed by atoms with Crippen LogP contribution < -0.4 is 20.1 Å². The first-order valence-corrected chi connectivity index (χ1v) is 10.4. The molecule has 0 radical (unpaired) electrons. The summed E-state index contributed by atoms with van der Waals surface area (Å²) >= 11 is 0. The second-order valence-electron chi connectivity index (χ2n) is 7.39. The number of amides is 1. The SMILES string of the molecule is CNc1cc(Nc2ccc(C(=O)N3CCOCC3)c3c2OCCO3)nc2[nH]cc(C#N)c12. The number of rotatable bonds is 4. The van der Waals surface area contributed by atoms with Gasteiger partial charge >= 0.3 is 0 Å². The van der Waals surface area contributed by atoms with E-state index in [1.807, 2.05) is 6.07 Å². The fourth-order valence-corrected chi connectivity index (χ4v) is 3.96. The number of hydrogen-bond donors (Lipinski definition) is 3. The number of benzene rings is 1. The number of morpholine rings is 1. The number of carbonyl (C=O) groups is 1. The molecular weight excluding hydrogens is 412 g/mol. The number of pyridine rings is 1. The third-order valence-electron chi connectivity index (χ3n) is 5.51. The van der Waals surface area contributed by atoms with E-state index in [0.717, 1.165) is 11.1 Å². The number of H-pyrrole nitrogens is 1. The summed E-state index contributed by atoms with van der Waals surface area (Å²) in [6, 6.07) is 7.52. The van der Waals surface area contributed by atoms with Crippen molar-refractivity contribution in [2.75, 3.05) is 57.2 Å². The topological polar surface area (TPSA) is 125 Å². The molecule has 2 aromatic heterocycles. The molecule has 3 aromatic rings. The van der Waals surface area contributed by atoms with E-state index in [1.165, 1.54) is 0 Å². The highest BCUT2D eigenvalue weighted by Gasteiger charge is 2.28. The van der Waals surface area contributed by atoms with Gasteiger partial charge in [-0.15, -0.1) is 0 Å². The number of aromatic amines is 1. The maximum Gasteiger partial charge on any atom is 0.257 e. The Morgan fingerprint density at radius 3 is 2.69 bits per heavy atom. The van der Waals surface area contributed by atoms with Crippen LogP contribution in [0.1, 0.15) is 15.9 Å². The molecule has 2 aliphatic rings. The van der Waals surface area contributed by atoms with Gasteiger partial charge in [-0.1, -0.05) is 0 Å². The summed E-state index contributed by atoms with van der Waals surface area (Å²) in [4.78, 5) is 22.4. The number of nitrogens with zero attached hydrogens (tertiary/aromatic N) is 3. The standard InChI is InChI=1S/C22H22N6O4/c1-24-16-10-17(27-21-18(16)13(11-23)12-25-21)26-15-3-2-14(19-20(15)32-9-8-31-19)22(29)28-4-6-30-7-5-28/h2-3,10,12H,4-9H2,1H3,(H3,24,25,26,27). The van der Waals surface area contributed by atoms with E-state index >= 15 is 0 Å². The van der Waals surface area contributed by atoms with Gasteiger partial charge in [0.25, 0.3) is 5.91 Å². The first kappa shape index (κ1) is 20.0. The Hall–Kier alpha value is -3.97. The number of nitrogens with one attached hydrogen (secondary N) is 3. The lowest BCUT2D eigenvalue weighted by atomic mass is 10.1. The first-order valence-electron chi connectivity index (χ1n) is 10.4. The summed E-state index contributed by atoms with van der Waals surface area (Å²) in [7, 11) is 1.79. The average molecular weight is 434 g/mol. The molecule has 1 saturated heterocycles. The van der Waals surface area contributed by atoms with Crippen LogP contribution >= 0.6 is 0 Å². The smallest absolute Gasteiger partial charge is 0.257 e. The molecule has 0 atom stereocenters. The Kier molecular flexibility index (Phi) is 5.17. The van der Waals surface area contributed by atoms with Crippen molar-refractivity contribution in [3.05, 3.63) is 35.5 Å². The summed E-state index contributed by atoms with van der Waals surface area (Å²) in [6.45, 7) is 2.90. The predicted molar refractivity (Wildman–Crippen MR) is 118 cm³/mol. The van der Waals surface area contributed by atoms with Crippen LogP contribution in [0.4, 0.5) is 17.2 Å². The predicted octanol–water partition coefficient (Wildman–Crippen LogP) is 2.46. The molecule has 0 spiro atoms. The lowest BCUT2D eigenvalue weighted by Gasteiger charge is -2.29. The molecule has 0 aliphatic carbocycles. The molecule has 1 amide bonds.